The molecule has 0 radical (unpaired) electrons. The lowest BCUT2D eigenvalue weighted by Crippen LogP contribution is -2.16. The number of hydrogen-bond donors (Lipinski definition) is 1. The Morgan fingerprint density at radius 3 is 2.85 bits per heavy atom. The van der Waals surface area contributed by atoms with Gasteiger partial charge in [-0.3, -0.25) is 4.79 Å². The number of fused-ring (bicyclic) bond motifs is 4. The molecule has 3 aliphatic rings. The molecule has 1 aromatic carbocycles. The lowest BCUT2D eigenvalue weighted by atomic mass is 9.85. The molecule has 1 aliphatic heterocycles. The zero-order valence-corrected chi connectivity index (χ0v) is 14.8. The van der Waals surface area contributed by atoms with E-state index in [4.69, 9.17) is 9.47 Å². The summed E-state index contributed by atoms with van der Waals surface area (Å²) in [6, 6.07) is 5.92. The molecule has 1 N–H and O–H groups in total. The first kappa shape index (κ1) is 16.7. The predicted octanol–water partition coefficient (Wildman–Crippen LogP) is 4.39. The number of para-hydroxylation sites is 1. The third-order valence-electron chi connectivity index (χ3n) is 5.12. The molecule has 1 unspecified atom stereocenters. The molecule has 4 nitrogen and oxygen atoms in total. The molecule has 2 aliphatic carbocycles. The molecule has 4 rings (SSSR count). The van der Waals surface area contributed by atoms with Gasteiger partial charge in [0, 0.05) is 5.56 Å². The van der Waals surface area contributed by atoms with E-state index in [9.17, 15) is 9.90 Å². The van der Waals surface area contributed by atoms with Crippen LogP contribution in [-0.4, -0.2) is 24.3 Å². The van der Waals surface area contributed by atoms with Crippen LogP contribution in [0.3, 0.4) is 0 Å². The summed E-state index contributed by atoms with van der Waals surface area (Å²) < 4.78 is 11.6. The third-order valence-corrected chi connectivity index (χ3v) is 5.12. The van der Waals surface area contributed by atoms with Gasteiger partial charge in [-0.25, -0.2) is 0 Å². The lowest BCUT2D eigenvalue weighted by Gasteiger charge is -2.23. The minimum atomic E-state index is -0.802. The molecule has 0 fully saturated rings. The second-order valence-electron chi connectivity index (χ2n) is 7.00. The largest absolute Gasteiger partial charge is 0.486 e. The van der Waals surface area contributed by atoms with Gasteiger partial charge in [0.05, 0.1) is 6.42 Å². The van der Waals surface area contributed by atoms with Crippen molar-refractivity contribution >= 4 is 11.5 Å². The van der Waals surface area contributed by atoms with E-state index in [0.717, 1.165) is 40.2 Å². The quantitative estimate of drug-likeness (QED) is 0.878. The molecule has 1 heterocycles. The van der Waals surface area contributed by atoms with Crippen LogP contribution in [0.5, 0.6) is 11.5 Å². The van der Waals surface area contributed by atoms with Gasteiger partial charge in [-0.1, -0.05) is 49.4 Å². The fraction of sp³-hybridized carbons (Fsp3) is 0.318. The Morgan fingerprint density at radius 1 is 1.19 bits per heavy atom. The Hall–Kier alpha value is -2.75. The fourth-order valence-electron chi connectivity index (χ4n) is 3.88. The SMILES string of the molecule is C[C@@H]1CC2C=CC(CC(=O)O)=C1/C=C(c1cccc3c1OCCO3)\C=C/2. The van der Waals surface area contributed by atoms with Gasteiger partial charge in [-0.05, 0) is 41.0 Å². The second kappa shape index (κ2) is 6.87. The third kappa shape index (κ3) is 3.19. The molecular weight excluding hydrogens is 328 g/mol. The van der Waals surface area contributed by atoms with Crippen LogP contribution in [0.4, 0.5) is 0 Å². The highest BCUT2D eigenvalue weighted by Gasteiger charge is 2.24. The van der Waals surface area contributed by atoms with Crippen LogP contribution in [0, 0.1) is 11.8 Å². The standard InChI is InChI=1S/C22H22O4/c1-14-11-15-5-7-16(12-19(14)17(8-6-15)13-21(23)24)18-3-2-4-20-22(18)26-10-9-25-20/h2-8,12,14-15H,9-11,13H2,1H3,(H,23,24)/b7-5-,16-12+/t14-,15?/m1/s1. The predicted molar refractivity (Wildman–Crippen MR) is 100 cm³/mol. The van der Waals surface area contributed by atoms with Crippen LogP contribution in [0.2, 0.25) is 0 Å². The van der Waals surface area contributed by atoms with Crippen molar-refractivity contribution in [3.63, 3.8) is 0 Å². The molecule has 0 amide bonds. The molecule has 0 aromatic heterocycles. The van der Waals surface area contributed by atoms with Crippen molar-refractivity contribution in [1.82, 2.24) is 0 Å². The second-order valence-corrected chi connectivity index (χ2v) is 7.00. The van der Waals surface area contributed by atoms with Crippen molar-refractivity contribution in [1.29, 1.82) is 0 Å². The molecule has 2 bridgehead atoms. The summed E-state index contributed by atoms with van der Waals surface area (Å²) in [5.41, 5.74) is 4.00. The van der Waals surface area contributed by atoms with E-state index in [0.29, 0.717) is 25.0 Å². The van der Waals surface area contributed by atoms with E-state index in [2.05, 4.69) is 31.2 Å². The van der Waals surface area contributed by atoms with Crippen molar-refractivity contribution in [2.75, 3.05) is 13.2 Å². The highest BCUT2D eigenvalue weighted by molar-refractivity contribution is 5.82. The van der Waals surface area contributed by atoms with E-state index >= 15 is 0 Å². The summed E-state index contributed by atoms with van der Waals surface area (Å²) in [5, 5.41) is 9.31. The molecule has 134 valence electrons. The van der Waals surface area contributed by atoms with E-state index in [1.54, 1.807) is 0 Å². The Balaban J connectivity index is 1.86. The molecule has 0 spiro atoms. The van der Waals surface area contributed by atoms with Crippen LogP contribution in [0.15, 0.2) is 59.7 Å². The Bertz CT molecular complexity index is 857. The van der Waals surface area contributed by atoms with Crippen molar-refractivity contribution < 1.29 is 19.4 Å². The molecular formula is C22H22O4. The number of allylic oxidation sites excluding steroid dienone is 7. The van der Waals surface area contributed by atoms with Gasteiger partial charge in [0.25, 0.3) is 0 Å². The molecule has 4 heteroatoms. The number of rotatable bonds is 3. The van der Waals surface area contributed by atoms with Gasteiger partial charge in [0.15, 0.2) is 11.5 Å². The minimum Gasteiger partial charge on any atom is -0.486 e. The maximum Gasteiger partial charge on any atom is 0.307 e. The van der Waals surface area contributed by atoms with E-state index < -0.39 is 5.97 Å². The van der Waals surface area contributed by atoms with Crippen LogP contribution in [0.25, 0.3) is 5.57 Å². The topological polar surface area (TPSA) is 55.8 Å². The Morgan fingerprint density at radius 2 is 2.00 bits per heavy atom. The molecule has 0 saturated heterocycles. The molecule has 1 aromatic rings. The zero-order valence-electron chi connectivity index (χ0n) is 14.8. The van der Waals surface area contributed by atoms with Crippen molar-refractivity contribution in [2.24, 2.45) is 11.8 Å². The number of carbonyl (C=O) groups is 1. The first-order valence-corrected chi connectivity index (χ1v) is 9.04. The van der Waals surface area contributed by atoms with E-state index in [1.807, 2.05) is 24.3 Å². The number of carboxylic acid groups (broad SMARTS) is 1. The smallest absolute Gasteiger partial charge is 0.307 e. The first-order valence-electron chi connectivity index (χ1n) is 9.04. The number of hydrogen-bond acceptors (Lipinski definition) is 3. The van der Waals surface area contributed by atoms with Crippen LogP contribution < -0.4 is 9.47 Å². The first-order chi connectivity index (χ1) is 12.6. The van der Waals surface area contributed by atoms with E-state index in [1.165, 1.54) is 0 Å². The summed E-state index contributed by atoms with van der Waals surface area (Å²) >= 11 is 0. The zero-order chi connectivity index (χ0) is 18.1. The van der Waals surface area contributed by atoms with Crippen LogP contribution >= 0.6 is 0 Å². The van der Waals surface area contributed by atoms with Gasteiger partial charge >= 0.3 is 5.97 Å². The molecule has 2 atom stereocenters. The maximum atomic E-state index is 11.3. The average molecular weight is 350 g/mol. The van der Waals surface area contributed by atoms with Crippen LogP contribution in [-0.2, 0) is 4.79 Å². The van der Waals surface area contributed by atoms with E-state index in [-0.39, 0.29) is 6.42 Å². The van der Waals surface area contributed by atoms with Gasteiger partial charge in [-0.2, -0.15) is 0 Å². The summed E-state index contributed by atoms with van der Waals surface area (Å²) in [7, 11) is 0. The maximum absolute atomic E-state index is 11.3. The number of benzene rings is 1. The molecule has 26 heavy (non-hydrogen) atoms. The summed E-state index contributed by atoms with van der Waals surface area (Å²) in [6.07, 6.45) is 11.6. The number of ether oxygens (including phenoxy) is 2. The summed E-state index contributed by atoms with van der Waals surface area (Å²) in [4.78, 5) is 11.3. The van der Waals surface area contributed by atoms with Crippen molar-refractivity contribution in [2.45, 2.75) is 19.8 Å². The van der Waals surface area contributed by atoms with Gasteiger partial charge < -0.3 is 14.6 Å². The average Bonchev–Trinajstić information content (AvgIpc) is 2.70. The van der Waals surface area contributed by atoms with Gasteiger partial charge in [-0.15, -0.1) is 0 Å². The normalized spacial score (nSPS) is 27.2. The highest BCUT2D eigenvalue weighted by Crippen LogP contribution is 2.41. The highest BCUT2D eigenvalue weighted by atomic mass is 16.6. The Kier molecular flexibility index (Phi) is 4.41. The molecule has 0 saturated carbocycles. The fourth-order valence-corrected chi connectivity index (χ4v) is 3.88. The van der Waals surface area contributed by atoms with Gasteiger partial charge in [0.1, 0.15) is 13.2 Å². The summed E-state index contributed by atoms with van der Waals surface area (Å²) in [5.74, 6) is 1.32. The Labute approximate surface area is 153 Å². The van der Waals surface area contributed by atoms with Gasteiger partial charge in [0.2, 0.25) is 0 Å². The number of aliphatic carboxylic acids is 1. The van der Waals surface area contributed by atoms with Crippen LogP contribution in [0.1, 0.15) is 25.3 Å². The van der Waals surface area contributed by atoms with Crippen molar-refractivity contribution in [3.05, 3.63) is 65.3 Å². The number of carboxylic acids is 1. The lowest BCUT2D eigenvalue weighted by molar-refractivity contribution is -0.136. The summed E-state index contributed by atoms with van der Waals surface area (Å²) in [6.45, 7) is 3.27. The monoisotopic (exact) mass is 350 g/mol. The van der Waals surface area contributed by atoms with Crippen molar-refractivity contribution in [3.8, 4) is 11.5 Å². The minimum absolute atomic E-state index is 0.0409.